The SMILES string of the molecule is Cc1cscc1CNC1CCN(C(=O)OC(C)(C)C)CC1. The number of hydrogen-bond donors (Lipinski definition) is 1. The van der Waals surface area contributed by atoms with Gasteiger partial charge in [-0.15, -0.1) is 0 Å². The fraction of sp³-hybridized carbons (Fsp3) is 0.688. The molecule has 4 nitrogen and oxygen atoms in total. The molecule has 0 radical (unpaired) electrons. The lowest BCUT2D eigenvalue weighted by Gasteiger charge is -2.33. The van der Waals surface area contributed by atoms with Crippen molar-refractivity contribution < 1.29 is 9.53 Å². The predicted octanol–water partition coefficient (Wildman–Crippen LogP) is 3.55. The van der Waals surface area contributed by atoms with Crippen molar-refractivity contribution in [3.63, 3.8) is 0 Å². The Bertz CT molecular complexity index is 471. The third-order valence-electron chi connectivity index (χ3n) is 3.69. The summed E-state index contributed by atoms with van der Waals surface area (Å²) in [6, 6.07) is 0.489. The Labute approximate surface area is 131 Å². The lowest BCUT2D eigenvalue weighted by Crippen LogP contribution is -2.46. The zero-order valence-electron chi connectivity index (χ0n) is 13.4. The number of piperidine rings is 1. The van der Waals surface area contributed by atoms with Crippen LogP contribution < -0.4 is 5.32 Å². The van der Waals surface area contributed by atoms with E-state index < -0.39 is 5.60 Å². The second-order valence-electron chi connectivity index (χ2n) is 6.70. The molecule has 1 amide bonds. The summed E-state index contributed by atoms with van der Waals surface area (Å²) < 4.78 is 5.41. The average Bonchev–Trinajstić information content (AvgIpc) is 2.80. The third kappa shape index (κ3) is 5.00. The molecule has 0 unspecified atom stereocenters. The molecule has 0 aromatic carbocycles. The number of carbonyl (C=O) groups excluding carboxylic acids is 1. The minimum absolute atomic E-state index is 0.186. The highest BCUT2D eigenvalue weighted by Crippen LogP contribution is 2.17. The molecule has 0 bridgehead atoms. The van der Waals surface area contributed by atoms with Crippen LogP contribution in [-0.2, 0) is 11.3 Å². The molecular weight excluding hydrogens is 284 g/mol. The largest absolute Gasteiger partial charge is 0.444 e. The van der Waals surface area contributed by atoms with E-state index in [4.69, 9.17) is 4.74 Å². The molecule has 118 valence electrons. The number of ether oxygens (including phenoxy) is 1. The van der Waals surface area contributed by atoms with Crippen LogP contribution in [0.5, 0.6) is 0 Å². The van der Waals surface area contributed by atoms with Gasteiger partial charge in [-0.1, -0.05) is 0 Å². The second kappa shape index (κ2) is 6.79. The molecule has 0 saturated carbocycles. The Morgan fingerprint density at radius 1 is 1.38 bits per heavy atom. The summed E-state index contributed by atoms with van der Waals surface area (Å²) in [5, 5.41) is 7.99. The van der Waals surface area contributed by atoms with Gasteiger partial charge in [-0.2, -0.15) is 11.3 Å². The number of likely N-dealkylation sites (tertiary alicyclic amines) is 1. The van der Waals surface area contributed by atoms with E-state index in [0.717, 1.165) is 32.5 Å². The Morgan fingerprint density at radius 2 is 2.05 bits per heavy atom. The standard InChI is InChI=1S/C16H26N2O2S/c1-12-10-21-11-13(12)9-17-14-5-7-18(8-6-14)15(19)20-16(2,3)4/h10-11,14,17H,5-9H2,1-4H3. The van der Waals surface area contributed by atoms with Crippen LogP contribution in [0.1, 0.15) is 44.7 Å². The first-order chi connectivity index (χ1) is 9.85. The van der Waals surface area contributed by atoms with Crippen molar-refractivity contribution in [1.82, 2.24) is 10.2 Å². The van der Waals surface area contributed by atoms with Crippen LogP contribution in [0.4, 0.5) is 4.79 Å². The lowest BCUT2D eigenvalue weighted by molar-refractivity contribution is 0.0198. The van der Waals surface area contributed by atoms with Crippen LogP contribution in [-0.4, -0.2) is 35.7 Å². The molecule has 0 aliphatic carbocycles. The number of rotatable bonds is 3. The summed E-state index contributed by atoms with van der Waals surface area (Å²) in [4.78, 5) is 13.8. The molecule has 1 aromatic rings. The van der Waals surface area contributed by atoms with Gasteiger partial charge in [-0.3, -0.25) is 0 Å². The molecule has 21 heavy (non-hydrogen) atoms. The Morgan fingerprint density at radius 3 is 2.57 bits per heavy atom. The molecule has 1 fully saturated rings. The highest BCUT2D eigenvalue weighted by atomic mass is 32.1. The van der Waals surface area contributed by atoms with Crippen molar-refractivity contribution in [2.75, 3.05) is 13.1 Å². The minimum Gasteiger partial charge on any atom is -0.444 e. The van der Waals surface area contributed by atoms with Gasteiger partial charge in [-0.05, 0) is 62.4 Å². The number of carbonyl (C=O) groups is 1. The van der Waals surface area contributed by atoms with Gasteiger partial charge in [0.25, 0.3) is 0 Å². The smallest absolute Gasteiger partial charge is 0.410 e. The van der Waals surface area contributed by atoms with Crippen molar-refractivity contribution in [3.8, 4) is 0 Å². The van der Waals surface area contributed by atoms with Crippen LogP contribution in [0.15, 0.2) is 10.8 Å². The molecule has 0 spiro atoms. The van der Waals surface area contributed by atoms with Crippen LogP contribution in [0.25, 0.3) is 0 Å². The lowest BCUT2D eigenvalue weighted by atomic mass is 10.0. The molecule has 2 heterocycles. The van der Waals surface area contributed by atoms with E-state index in [1.54, 1.807) is 11.3 Å². The van der Waals surface area contributed by atoms with E-state index in [1.807, 2.05) is 25.7 Å². The quantitative estimate of drug-likeness (QED) is 0.928. The topological polar surface area (TPSA) is 41.6 Å². The predicted molar refractivity (Wildman–Crippen MR) is 86.7 cm³/mol. The van der Waals surface area contributed by atoms with E-state index in [2.05, 4.69) is 23.0 Å². The first kappa shape index (κ1) is 16.3. The van der Waals surface area contributed by atoms with Crippen LogP contribution >= 0.6 is 11.3 Å². The summed E-state index contributed by atoms with van der Waals surface area (Å²) in [6.45, 7) is 10.3. The van der Waals surface area contributed by atoms with E-state index in [9.17, 15) is 4.79 Å². The third-order valence-corrected chi connectivity index (χ3v) is 4.60. The fourth-order valence-electron chi connectivity index (χ4n) is 2.41. The molecule has 1 N–H and O–H groups in total. The van der Waals surface area contributed by atoms with Gasteiger partial charge in [0.15, 0.2) is 0 Å². The van der Waals surface area contributed by atoms with E-state index in [-0.39, 0.29) is 6.09 Å². The zero-order chi connectivity index (χ0) is 15.5. The molecule has 2 rings (SSSR count). The van der Waals surface area contributed by atoms with Gasteiger partial charge >= 0.3 is 6.09 Å². The normalized spacial score (nSPS) is 17.0. The first-order valence-electron chi connectivity index (χ1n) is 7.58. The molecule has 1 aromatic heterocycles. The summed E-state index contributed by atoms with van der Waals surface area (Å²) in [7, 11) is 0. The minimum atomic E-state index is -0.414. The van der Waals surface area contributed by atoms with E-state index >= 15 is 0 Å². The number of nitrogens with one attached hydrogen (secondary N) is 1. The summed E-state index contributed by atoms with van der Waals surface area (Å²) >= 11 is 1.75. The van der Waals surface area contributed by atoms with Crippen molar-refractivity contribution in [1.29, 1.82) is 0 Å². The summed E-state index contributed by atoms with van der Waals surface area (Å²) in [5.41, 5.74) is 2.33. The fourth-order valence-corrected chi connectivity index (χ4v) is 3.27. The maximum Gasteiger partial charge on any atom is 0.410 e. The molecule has 1 saturated heterocycles. The highest BCUT2D eigenvalue weighted by molar-refractivity contribution is 7.08. The molecule has 5 heteroatoms. The maximum absolute atomic E-state index is 12.0. The van der Waals surface area contributed by atoms with Gasteiger partial charge in [0.2, 0.25) is 0 Å². The highest BCUT2D eigenvalue weighted by Gasteiger charge is 2.26. The van der Waals surface area contributed by atoms with Crippen molar-refractivity contribution >= 4 is 17.4 Å². The molecular formula is C16H26N2O2S. The monoisotopic (exact) mass is 310 g/mol. The number of amides is 1. The Hall–Kier alpha value is -1.07. The molecule has 1 aliphatic heterocycles. The molecule has 1 aliphatic rings. The number of aryl methyl sites for hydroxylation is 1. The summed E-state index contributed by atoms with van der Waals surface area (Å²) in [6.07, 6.45) is 1.79. The van der Waals surface area contributed by atoms with Crippen LogP contribution in [0.3, 0.4) is 0 Å². The van der Waals surface area contributed by atoms with Gasteiger partial charge < -0.3 is 15.0 Å². The van der Waals surface area contributed by atoms with Crippen molar-refractivity contribution in [2.24, 2.45) is 0 Å². The number of hydrogen-bond acceptors (Lipinski definition) is 4. The van der Waals surface area contributed by atoms with Gasteiger partial charge in [-0.25, -0.2) is 4.79 Å². The Balaban J connectivity index is 1.73. The summed E-state index contributed by atoms with van der Waals surface area (Å²) in [5.74, 6) is 0. The van der Waals surface area contributed by atoms with E-state index in [1.165, 1.54) is 11.1 Å². The van der Waals surface area contributed by atoms with Crippen LogP contribution in [0.2, 0.25) is 0 Å². The Kier molecular flexibility index (Phi) is 5.27. The van der Waals surface area contributed by atoms with Crippen LogP contribution in [0, 0.1) is 6.92 Å². The van der Waals surface area contributed by atoms with Crippen molar-refractivity contribution in [3.05, 3.63) is 21.9 Å². The van der Waals surface area contributed by atoms with Crippen molar-refractivity contribution in [2.45, 2.75) is 58.7 Å². The maximum atomic E-state index is 12.0. The second-order valence-corrected chi connectivity index (χ2v) is 7.45. The van der Waals surface area contributed by atoms with E-state index in [0.29, 0.717) is 6.04 Å². The van der Waals surface area contributed by atoms with Gasteiger partial charge in [0.1, 0.15) is 5.60 Å². The zero-order valence-corrected chi connectivity index (χ0v) is 14.3. The number of thiophene rings is 1. The first-order valence-corrected chi connectivity index (χ1v) is 8.52. The number of nitrogens with zero attached hydrogens (tertiary/aromatic N) is 1. The van der Waals surface area contributed by atoms with Gasteiger partial charge in [0, 0.05) is 25.7 Å². The molecule has 0 atom stereocenters. The van der Waals surface area contributed by atoms with Gasteiger partial charge in [0.05, 0.1) is 0 Å². The average molecular weight is 310 g/mol.